The lowest BCUT2D eigenvalue weighted by atomic mass is 9.97. The lowest BCUT2D eigenvalue weighted by molar-refractivity contribution is -0.0755. The molecule has 16 nitrogen and oxygen atoms in total. The predicted molar refractivity (Wildman–Crippen MR) is 100 cm³/mol. The summed E-state index contributed by atoms with van der Waals surface area (Å²) >= 11 is 6.10. The van der Waals surface area contributed by atoms with Gasteiger partial charge in [0.15, 0.2) is 6.23 Å². The smallest absolute Gasteiger partial charge is 0.388 e. The summed E-state index contributed by atoms with van der Waals surface area (Å²) in [6.07, 6.45) is -6.40. The van der Waals surface area contributed by atoms with Crippen LogP contribution in [0.2, 0.25) is 0 Å². The quantitative estimate of drug-likeness (QED) is 0.168. The first-order chi connectivity index (χ1) is 14.4. The van der Waals surface area contributed by atoms with Crippen molar-refractivity contribution < 1.29 is 60.6 Å². The number of halogens is 2. The van der Waals surface area contributed by atoms with E-state index in [9.17, 15) is 37.7 Å². The van der Waals surface area contributed by atoms with Crippen LogP contribution in [-0.4, -0.2) is 64.1 Å². The van der Waals surface area contributed by atoms with Crippen LogP contribution in [0.3, 0.4) is 0 Å². The summed E-state index contributed by atoms with van der Waals surface area (Å²) in [5.41, 5.74) is -1.89. The van der Waals surface area contributed by atoms with Gasteiger partial charge in [0.05, 0.1) is 6.10 Å². The summed E-state index contributed by atoms with van der Waals surface area (Å²) in [5, 5.41) is 10.4. The Bertz CT molecular complexity index is 1110. The van der Waals surface area contributed by atoms with Crippen LogP contribution in [-0.2, 0) is 31.6 Å². The molecule has 21 heteroatoms. The van der Waals surface area contributed by atoms with E-state index in [-0.39, 0.29) is 0 Å². The molecule has 1 aromatic heterocycles. The SMILES string of the molecule is C[C@H](OP(=O)(O)OP(=O)(O)OP(=O)(O)O)[C@H]1O[C@@H](n2ccc(=O)[nH]c2=O)C(Cl)(CF)[C@H]1O. The minimum Gasteiger partial charge on any atom is -0.388 e. The van der Waals surface area contributed by atoms with Gasteiger partial charge in [-0.3, -0.25) is 18.9 Å². The van der Waals surface area contributed by atoms with E-state index < -0.39 is 70.8 Å². The van der Waals surface area contributed by atoms with E-state index in [4.69, 9.17) is 31.0 Å². The highest BCUT2D eigenvalue weighted by atomic mass is 35.5. The summed E-state index contributed by atoms with van der Waals surface area (Å²) in [6, 6.07) is 0.871. The third-order valence-electron chi connectivity index (χ3n) is 3.99. The fourth-order valence-electron chi connectivity index (χ4n) is 2.75. The van der Waals surface area contributed by atoms with Crippen molar-refractivity contribution in [1.82, 2.24) is 9.55 Å². The number of hydrogen-bond donors (Lipinski definition) is 6. The first-order valence-electron chi connectivity index (χ1n) is 8.13. The van der Waals surface area contributed by atoms with Gasteiger partial charge < -0.3 is 29.4 Å². The zero-order valence-electron chi connectivity index (χ0n) is 15.6. The van der Waals surface area contributed by atoms with Gasteiger partial charge in [-0.15, -0.1) is 11.6 Å². The maximum Gasteiger partial charge on any atom is 0.490 e. The maximum absolute atomic E-state index is 13.7. The van der Waals surface area contributed by atoms with Crippen LogP contribution in [0, 0.1) is 0 Å². The highest BCUT2D eigenvalue weighted by Crippen LogP contribution is 2.66. The molecule has 0 amide bonds. The standard InChI is InChI=1S/C11H17ClFN2O14P3/c1-5(27-31(22,23)29-32(24,25)28-30(19,20)21)7-8(17)11(12,4-13)9(26-7)15-3-2-6(16)14-10(15)18/h2-3,5,7-9,17H,4H2,1H3,(H,22,23)(H,24,25)(H,14,16,18)(H2,19,20,21)/t5-,7+,8-,9+,11?/m0/s1. The van der Waals surface area contributed by atoms with E-state index in [2.05, 4.69) is 13.1 Å². The molecule has 0 bridgehead atoms. The number of nitrogens with zero attached hydrogens (tertiary/aromatic N) is 1. The average Bonchev–Trinajstić information content (AvgIpc) is 2.84. The van der Waals surface area contributed by atoms with Gasteiger partial charge in [0.25, 0.3) is 5.56 Å². The van der Waals surface area contributed by atoms with Crippen molar-refractivity contribution in [3.05, 3.63) is 33.1 Å². The lowest BCUT2D eigenvalue weighted by Crippen LogP contribution is -2.47. The molecular formula is C11H17ClFN2O14P3. The topological polar surface area (TPSA) is 244 Å². The van der Waals surface area contributed by atoms with E-state index in [1.165, 1.54) is 0 Å². The normalized spacial score (nSPS) is 31.1. The van der Waals surface area contributed by atoms with Crippen molar-refractivity contribution in [2.24, 2.45) is 0 Å². The van der Waals surface area contributed by atoms with Gasteiger partial charge in [-0.25, -0.2) is 22.9 Å². The molecule has 7 atom stereocenters. The van der Waals surface area contributed by atoms with E-state index in [0.717, 1.165) is 19.2 Å². The Morgan fingerprint density at radius 2 is 1.84 bits per heavy atom. The number of ether oxygens (including phenoxy) is 1. The number of aliphatic hydroxyl groups is 1. The number of phosphoric acid groups is 3. The molecule has 0 spiro atoms. The molecule has 32 heavy (non-hydrogen) atoms. The molecular weight excluding hydrogens is 531 g/mol. The average molecular weight is 549 g/mol. The number of rotatable bonds is 9. The van der Waals surface area contributed by atoms with Crippen LogP contribution in [0.5, 0.6) is 0 Å². The summed E-state index contributed by atoms with van der Waals surface area (Å²) in [6.45, 7) is -0.537. The minimum absolute atomic E-state index is 0.634. The van der Waals surface area contributed by atoms with E-state index in [0.29, 0.717) is 4.57 Å². The summed E-state index contributed by atoms with van der Waals surface area (Å²) in [7, 11) is -17.0. The second kappa shape index (κ2) is 9.47. The van der Waals surface area contributed by atoms with Crippen molar-refractivity contribution in [3.8, 4) is 0 Å². The first-order valence-corrected chi connectivity index (χ1v) is 13.0. The van der Waals surface area contributed by atoms with Gasteiger partial charge >= 0.3 is 29.2 Å². The third-order valence-corrected chi connectivity index (χ3v) is 8.42. The van der Waals surface area contributed by atoms with Crippen molar-refractivity contribution in [3.63, 3.8) is 0 Å². The molecule has 2 heterocycles. The molecule has 184 valence electrons. The van der Waals surface area contributed by atoms with Gasteiger partial charge in [-0.1, -0.05) is 0 Å². The Kier molecular flexibility index (Phi) is 8.13. The molecule has 0 aromatic carbocycles. The maximum atomic E-state index is 13.7. The van der Waals surface area contributed by atoms with Crippen LogP contribution in [0.25, 0.3) is 0 Å². The van der Waals surface area contributed by atoms with Crippen molar-refractivity contribution in [2.45, 2.75) is 36.3 Å². The highest BCUT2D eigenvalue weighted by Gasteiger charge is 2.59. The van der Waals surface area contributed by atoms with Crippen molar-refractivity contribution >= 4 is 35.1 Å². The van der Waals surface area contributed by atoms with Crippen molar-refractivity contribution in [2.75, 3.05) is 6.67 Å². The van der Waals surface area contributed by atoms with Gasteiger partial charge in [0.2, 0.25) is 0 Å². The molecule has 0 saturated carbocycles. The van der Waals surface area contributed by atoms with Crippen LogP contribution >= 0.6 is 35.1 Å². The van der Waals surface area contributed by atoms with Gasteiger partial charge in [-0.05, 0) is 6.92 Å². The number of phosphoric ester groups is 1. The van der Waals surface area contributed by atoms with E-state index in [1.807, 2.05) is 4.98 Å². The third kappa shape index (κ3) is 6.42. The number of nitrogens with one attached hydrogen (secondary N) is 1. The molecule has 1 aromatic rings. The monoisotopic (exact) mass is 548 g/mol. The fourth-order valence-corrected chi connectivity index (χ4v) is 6.23. The Morgan fingerprint density at radius 3 is 2.34 bits per heavy atom. The molecule has 3 unspecified atom stereocenters. The largest absolute Gasteiger partial charge is 0.490 e. The highest BCUT2D eigenvalue weighted by molar-refractivity contribution is 7.66. The van der Waals surface area contributed by atoms with E-state index in [1.54, 1.807) is 0 Å². The van der Waals surface area contributed by atoms with Crippen LogP contribution in [0.1, 0.15) is 13.2 Å². The van der Waals surface area contributed by atoms with Gasteiger partial charge in [0.1, 0.15) is 23.8 Å². The molecule has 6 N–H and O–H groups in total. The summed E-state index contributed by atoms with van der Waals surface area (Å²) in [5.74, 6) is 0. The molecule has 1 saturated heterocycles. The second-order valence-electron chi connectivity index (χ2n) is 6.38. The second-order valence-corrected chi connectivity index (χ2v) is 11.5. The number of alkyl halides is 2. The predicted octanol–water partition coefficient (Wildman–Crippen LogP) is -0.526. The van der Waals surface area contributed by atoms with Gasteiger partial charge in [0, 0.05) is 12.3 Å². The summed E-state index contributed by atoms with van der Waals surface area (Å²) in [4.78, 5) is 58.5. The molecule has 1 aliphatic rings. The lowest BCUT2D eigenvalue weighted by Gasteiger charge is -2.28. The number of H-pyrrole nitrogens is 1. The number of aromatic amines is 1. The van der Waals surface area contributed by atoms with Gasteiger partial charge in [-0.2, -0.15) is 8.62 Å². The zero-order valence-corrected chi connectivity index (χ0v) is 19.1. The van der Waals surface area contributed by atoms with Crippen molar-refractivity contribution in [1.29, 1.82) is 0 Å². The summed E-state index contributed by atoms with van der Waals surface area (Å²) < 4.78 is 65.4. The fraction of sp³-hybridized carbons (Fsp3) is 0.636. The molecule has 1 aliphatic heterocycles. The molecule has 0 aliphatic carbocycles. The Hall–Kier alpha value is -0.770. The molecule has 0 radical (unpaired) electrons. The first kappa shape index (κ1) is 27.5. The number of hydrogen-bond acceptors (Lipinski definition) is 10. The zero-order chi connectivity index (χ0) is 24.7. The van der Waals surface area contributed by atoms with Crippen LogP contribution in [0.4, 0.5) is 4.39 Å². The van der Waals surface area contributed by atoms with Crippen LogP contribution in [0.15, 0.2) is 21.9 Å². The number of aliphatic hydroxyl groups excluding tert-OH is 1. The Balaban J connectivity index is 2.26. The number of aromatic nitrogens is 2. The molecule has 2 rings (SSSR count). The minimum atomic E-state index is -5.81. The Morgan fingerprint density at radius 1 is 1.25 bits per heavy atom. The Labute approximate surface area is 181 Å². The van der Waals surface area contributed by atoms with Crippen LogP contribution < -0.4 is 11.2 Å². The van der Waals surface area contributed by atoms with E-state index >= 15 is 0 Å². The molecule has 1 fully saturated rings.